The Labute approximate surface area is 142 Å². The molecule has 0 amide bonds. The average molecular weight is 324 g/mol. The van der Waals surface area contributed by atoms with Gasteiger partial charge in [-0.25, -0.2) is 4.98 Å². The summed E-state index contributed by atoms with van der Waals surface area (Å²) in [7, 11) is 0. The molecule has 1 N–H and O–H groups in total. The maximum absolute atomic E-state index is 9.20. The van der Waals surface area contributed by atoms with Crippen molar-refractivity contribution in [2.24, 2.45) is 0 Å². The summed E-state index contributed by atoms with van der Waals surface area (Å²) in [6.45, 7) is 7.60. The van der Waals surface area contributed by atoms with Crippen molar-refractivity contribution in [3.63, 3.8) is 0 Å². The minimum atomic E-state index is 0.169. The Hall–Kier alpha value is -2.33. The maximum atomic E-state index is 9.20. The van der Waals surface area contributed by atoms with E-state index >= 15 is 0 Å². The zero-order valence-corrected chi connectivity index (χ0v) is 14.5. The van der Waals surface area contributed by atoms with Crippen molar-refractivity contribution in [2.45, 2.75) is 40.3 Å². The van der Waals surface area contributed by atoms with E-state index in [0.29, 0.717) is 13.0 Å². The fraction of sp³-hybridized carbons (Fsp3) is 0.350. The van der Waals surface area contributed by atoms with Gasteiger partial charge in [-0.2, -0.15) is 0 Å². The van der Waals surface area contributed by atoms with Gasteiger partial charge in [0.15, 0.2) is 0 Å². The minimum absolute atomic E-state index is 0.169. The van der Waals surface area contributed by atoms with Crippen LogP contribution in [0.5, 0.6) is 5.75 Å². The molecule has 0 bridgehead atoms. The second-order valence-electron chi connectivity index (χ2n) is 6.28. The van der Waals surface area contributed by atoms with Gasteiger partial charge in [0.05, 0.1) is 11.0 Å². The Bertz CT molecular complexity index is 835. The van der Waals surface area contributed by atoms with Crippen LogP contribution in [0.3, 0.4) is 0 Å². The number of aliphatic hydroxyl groups excluding tert-OH is 1. The number of aliphatic hydroxyl groups is 1. The largest absolute Gasteiger partial charge is 0.486 e. The molecule has 0 aliphatic rings. The number of fused-ring (bicyclic) bond motifs is 1. The molecule has 0 unspecified atom stereocenters. The number of benzene rings is 2. The minimum Gasteiger partial charge on any atom is -0.486 e. The number of rotatable bonds is 6. The Kier molecular flexibility index (Phi) is 4.86. The van der Waals surface area contributed by atoms with Gasteiger partial charge in [-0.05, 0) is 62.6 Å². The molecule has 4 nitrogen and oxygen atoms in total. The first-order valence-corrected chi connectivity index (χ1v) is 8.35. The number of nitrogens with zero attached hydrogens (tertiary/aromatic N) is 2. The van der Waals surface area contributed by atoms with Crippen LogP contribution in [-0.4, -0.2) is 21.3 Å². The lowest BCUT2D eigenvalue weighted by atomic mass is 10.1. The monoisotopic (exact) mass is 324 g/mol. The van der Waals surface area contributed by atoms with E-state index in [1.165, 1.54) is 16.7 Å². The molecule has 0 fully saturated rings. The van der Waals surface area contributed by atoms with Crippen molar-refractivity contribution in [3.05, 3.63) is 58.9 Å². The van der Waals surface area contributed by atoms with E-state index in [4.69, 9.17) is 9.72 Å². The SMILES string of the molecule is Cc1ccc(OCc2nc3cc(C)c(C)cc3n2CCCO)cc1. The lowest BCUT2D eigenvalue weighted by molar-refractivity contribution is 0.269. The van der Waals surface area contributed by atoms with Gasteiger partial charge in [0.1, 0.15) is 18.2 Å². The highest BCUT2D eigenvalue weighted by Crippen LogP contribution is 2.22. The highest BCUT2D eigenvalue weighted by molar-refractivity contribution is 5.78. The molecule has 0 aliphatic heterocycles. The van der Waals surface area contributed by atoms with E-state index in [0.717, 1.165) is 29.2 Å². The third-order valence-corrected chi connectivity index (χ3v) is 4.37. The van der Waals surface area contributed by atoms with Gasteiger partial charge in [-0.15, -0.1) is 0 Å². The van der Waals surface area contributed by atoms with Crippen molar-refractivity contribution in [3.8, 4) is 5.75 Å². The summed E-state index contributed by atoms with van der Waals surface area (Å²) in [5, 5.41) is 9.20. The lowest BCUT2D eigenvalue weighted by Gasteiger charge is -2.10. The summed E-state index contributed by atoms with van der Waals surface area (Å²) in [6, 6.07) is 12.3. The van der Waals surface area contributed by atoms with Crippen molar-refractivity contribution >= 4 is 11.0 Å². The van der Waals surface area contributed by atoms with Gasteiger partial charge in [0, 0.05) is 13.2 Å². The Morgan fingerprint density at radius 3 is 2.46 bits per heavy atom. The fourth-order valence-electron chi connectivity index (χ4n) is 2.80. The normalized spacial score (nSPS) is 11.2. The predicted octanol–water partition coefficient (Wildman–Crippen LogP) is 3.92. The van der Waals surface area contributed by atoms with Gasteiger partial charge < -0.3 is 14.4 Å². The van der Waals surface area contributed by atoms with E-state index in [2.05, 4.69) is 37.5 Å². The second kappa shape index (κ2) is 7.05. The summed E-state index contributed by atoms with van der Waals surface area (Å²) in [5.41, 5.74) is 5.79. The molecular weight excluding hydrogens is 300 g/mol. The van der Waals surface area contributed by atoms with Crippen LogP contribution in [0.25, 0.3) is 11.0 Å². The summed E-state index contributed by atoms with van der Waals surface area (Å²) in [4.78, 5) is 4.76. The van der Waals surface area contributed by atoms with Crippen LogP contribution >= 0.6 is 0 Å². The van der Waals surface area contributed by atoms with Crippen molar-refractivity contribution in [1.29, 1.82) is 0 Å². The highest BCUT2D eigenvalue weighted by atomic mass is 16.5. The molecule has 3 aromatic rings. The van der Waals surface area contributed by atoms with Crippen LogP contribution in [0.2, 0.25) is 0 Å². The van der Waals surface area contributed by atoms with Crippen molar-refractivity contribution in [1.82, 2.24) is 9.55 Å². The smallest absolute Gasteiger partial charge is 0.147 e. The highest BCUT2D eigenvalue weighted by Gasteiger charge is 2.12. The molecule has 0 spiro atoms. The first kappa shape index (κ1) is 16.5. The summed E-state index contributed by atoms with van der Waals surface area (Å²) >= 11 is 0. The van der Waals surface area contributed by atoms with Gasteiger partial charge >= 0.3 is 0 Å². The zero-order chi connectivity index (χ0) is 17.1. The van der Waals surface area contributed by atoms with Crippen LogP contribution in [0, 0.1) is 20.8 Å². The second-order valence-corrected chi connectivity index (χ2v) is 6.28. The number of imidazole rings is 1. The quantitative estimate of drug-likeness (QED) is 0.747. The lowest BCUT2D eigenvalue weighted by Crippen LogP contribution is -2.08. The van der Waals surface area contributed by atoms with Gasteiger partial charge in [-0.1, -0.05) is 17.7 Å². The number of aryl methyl sites for hydroxylation is 4. The Morgan fingerprint density at radius 1 is 1.04 bits per heavy atom. The summed E-state index contributed by atoms with van der Waals surface area (Å²) in [5.74, 6) is 1.73. The van der Waals surface area contributed by atoms with Crippen LogP contribution in [-0.2, 0) is 13.2 Å². The number of hydrogen-bond acceptors (Lipinski definition) is 3. The van der Waals surface area contributed by atoms with E-state index in [1.54, 1.807) is 0 Å². The number of ether oxygens (including phenoxy) is 1. The average Bonchev–Trinajstić information content (AvgIpc) is 2.89. The summed E-state index contributed by atoms with van der Waals surface area (Å²) < 4.78 is 8.07. The Balaban J connectivity index is 1.91. The first-order valence-electron chi connectivity index (χ1n) is 8.35. The van der Waals surface area contributed by atoms with Gasteiger partial charge in [-0.3, -0.25) is 0 Å². The van der Waals surface area contributed by atoms with Crippen molar-refractivity contribution in [2.75, 3.05) is 6.61 Å². The molecular formula is C20H24N2O2. The van der Waals surface area contributed by atoms with E-state index in [1.807, 2.05) is 24.3 Å². The van der Waals surface area contributed by atoms with E-state index in [-0.39, 0.29) is 6.61 Å². The van der Waals surface area contributed by atoms with E-state index < -0.39 is 0 Å². The standard InChI is InChI=1S/C20H24N2O2/c1-14-5-7-17(8-6-14)24-13-20-21-18-11-15(2)16(3)12-19(18)22(20)9-4-10-23/h5-8,11-12,23H,4,9-10,13H2,1-3H3. The predicted molar refractivity (Wildman–Crippen MR) is 96.4 cm³/mol. The molecule has 0 saturated carbocycles. The number of hydrogen-bond donors (Lipinski definition) is 1. The molecule has 0 atom stereocenters. The number of aromatic nitrogens is 2. The molecule has 1 aromatic heterocycles. The zero-order valence-electron chi connectivity index (χ0n) is 14.5. The van der Waals surface area contributed by atoms with Crippen LogP contribution in [0.15, 0.2) is 36.4 Å². The third kappa shape index (κ3) is 3.44. The topological polar surface area (TPSA) is 47.3 Å². The molecule has 0 radical (unpaired) electrons. The maximum Gasteiger partial charge on any atom is 0.147 e. The molecule has 0 aliphatic carbocycles. The van der Waals surface area contributed by atoms with Crippen LogP contribution < -0.4 is 4.74 Å². The third-order valence-electron chi connectivity index (χ3n) is 4.37. The molecule has 126 valence electrons. The molecule has 4 heteroatoms. The molecule has 1 heterocycles. The molecule has 3 rings (SSSR count). The van der Waals surface area contributed by atoms with E-state index in [9.17, 15) is 5.11 Å². The first-order chi connectivity index (χ1) is 11.6. The molecule has 2 aromatic carbocycles. The molecule has 0 saturated heterocycles. The summed E-state index contributed by atoms with van der Waals surface area (Å²) in [6.07, 6.45) is 0.704. The van der Waals surface area contributed by atoms with Crippen molar-refractivity contribution < 1.29 is 9.84 Å². The van der Waals surface area contributed by atoms with Gasteiger partial charge in [0.25, 0.3) is 0 Å². The van der Waals surface area contributed by atoms with Crippen LogP contribution in [0.4, 0.5) is 0 Å². The molecule has 24 heavy (non-hydrogen) atoms. The van der Waals surface area contributed by atoms with Gasteiger partial charge in [0.2, 0.25) is 0 Å². The van der Waals surface area contributed by atoms with Crippen LogP contribution in [0.1, 0.15) is 28.9 Å². The Morgan fingerprint density at radius 2 is 1.75 bits per heavy atom. The fourth-order valence-corrected chi connectivity index (χ4v) is 2.80.